The van der Waals surface area contributed by atoms with Crippen LogP contribution in [0.15, 0.2) is 70.3 Å². The maximum absolute atomic E-state index is 13.6. The molecule has 0 bridgehead atoms. The van der Waals surface area contributed by atoms with Crippen molar-refractivity contribution in [3.05, 3.63) is 60.9 Å². The van der Waals surface area contributed by atoms with E-state index in [1.165, 1.54) is 24.5 Å². The van der Waals surface area contributed by atoms with Crippen LogP contribution in [0.1, 0.15) is 20.8 Å². The van der Waals surface area contributed by atoms with Crippen LogP contribution in [0.5, 0.6) is 0 Å². The van der Waals surface area contributed by atoms with Crippen LogP contribution in [0.4, 0.5) is 11.4 Å². The van der Waals surface area contributed by atoms with Crippen LogP contribution in [-0.4, -0.2) is 37.5 Å². The third-order valence-electron chi connectivity index (χ3n) is 4.41. The summed E-state index contributed by atoms with van der Waals surface area (Å²) < 4.78 is 36.9. The van der Waals surface area contributed by atoms with E-state index in [-0.39, 0.29) is 10.9 Å². The molecule has 1 heterocycles. The number of para-hydroxylation sites is 1. The number of pyridine rings is 1. The molecule has 0 atom stereocenters. The van der Waals surface area contributed by atoms with Crippen LogP contribution in [0.25, 0.3) is 10.8 Å². The minimum Gasteiger partial charge on any atom is -0.459 e. The number of ether oxygens (including phenoxy) is 1. The maximum Gasteiger partial charge on any atom is 0.327 e. The zero-order valence-corrected chi connectivity index (χ0v) is 19.9. The number of hydrogen-bond acceptors (Lipinski definition) is 6. The van der Waals surface area contributed by atoms with Crippen LogP contribution in [0.2, 0.25) is 0 Å². The lowest BCUT2D eigenvalue weighted by molar-refractivity contribution is -0.152. The number of rotatable bonds is 6. The second-order valence-corrected chi connectivity index (χ2v) is 10.1. The number of guanidine groups is 1. The van der Waals surface area contributed by atoms with Crippen LogP contribution >= 0.6 is 11.8 Å². The number of carbonyl (C=O) groups excluding carboxylic acids is 1. The molecule has 1 aromatic heterocycles. The number of nitrogens with zero attached hydrogens (tertiary/aromatic N) is 3. The van der Waals surface area contributed by atoms with Gasteiger partial charge in [-0.05, 0) is 45.0 Å². The Bertz CT molecular complexity index is 1290. The van der Waals surface area contributed by atoms with Gasteiger partial charge in [-0.25, -0.2) is 8.42 Å². The van der Waals surface area contributed by atoms with Crippen molar-refractivity contribution in [2.24, 2.45) is 10.2 Å². The van der Waals surface area contributed by atoms with Gasteiger partial charge in [-0.1, -0.05) is 24.3 Å². The van der Waals surface area contributed by atoms with E-state index < -0.39 is 28.1 Å². The number of aromatic nitrogens is 1. The van der Waals surface area contributed by atoms with Crippen LogP contribution in [0.3, 0.4) is 0 Å². The quantitative estimate of drug-likeness (QED) is 0.307. The molecule has 2 aromatic carbocycles. The van der Waals surface area contributed by atoms with Crippen LogP contribution in [-0.2, 0) is 19.6 Å². The van der Waals surface area contributed by atoms with Gasteiger partial charge in [0, 0.05) is 28.7 Å². The highest BCUT2D eigenvalue weighted by Gasteiger charge is 2.29. The van der Waals surface area contributed by atoms with Crippen molar-refractivity contribution in [1.29, 1.82) is 0 Å². The molecule has 11 heteroatoms. The standard InChI is InChI=1S/C22H24ClN5O4S/c1-22(2,3)32-20(29)14-28(16-7-5-4-6-8-16)33(30,31)17-9-10-18-15(11-17)12-25-13-19(18)26-21(24)27-23/h4-13H,14H2,1-3H3,(H3,24,26,27). The van der Waals surface area contributed by atoms with Gasteiger partial charge < -0.3 is 15.8 Å². The van der Waals surface area contributed by atoms with Crippen molar-refractivity contribution in [2.75, 3.05) is 16.2 Å². The molecule has 0 saturated carbocycles. The van der Waals surface area contributed by atoms with Crippen molar-refractivity contribution in [2.45, 2.75) is 31.3 Å². The molecule has 0 radical (unpaired) electrons. The molecule has 0 unspecified atom stereocenters. The lowest BCUT2D eigenvalue weighted by atomic mass is 10.1. The molecule has 0 spiro atoms. The first-order valence-corrected chi connectivity index (χ1v) is 11.7. The molecule has 9 nitrogen and oxygen atoms in total. The lowest BCUT2D eigenvalue weighted by Gasteiger charge is -2.26. The number of fused-ring (bicyclic) bond motifs is 1. The molecule has 174 valence electrons. The molecular formula is C22H24ClN5O4S. The lowest BCUT2D eigenvalue weighted by Crippen LogP contribution is -2.38. The number of sulfonamides is 1. The predicted molar refractivity (Wildman–Crippen MR) is 130 cm³/mol. The van der Waals surface area contributed by atoms with E-state index >= 15 is 0 Å². The molecule has 0 aliphatic carbocycles. The average Bonchev–Trinajstić information content (AvgIpc) is 2.76. The predicted octanol–water partition coefficient (Wildman–Crippen LogP) is 3.65. The van der Waals surface area contributed by atoms with E-state index in [9.17, 15) is 13.2 Å². The summed E-state index contributed by atoms with van der Waals surface area (Å²) in [6.45, 7) is 4.67. The number of anilines is 2. The first-order chi connectivity index (χ1) is 15.5. The van der Waals surface area contributed by atoms with Crippen LogP contribution in [0, 0.1) is 0 Å². The van der Waals surface area contributed by atoms with Gasteiger partial charge in [-0.2, -0.15) is 0 Å². The number of carbonyl (C=O) groups is 1. The Kier molecular flexibility index (Phi) is 7.09. The maximum atomic E-state index is 13.6. The minimum absolute atomic E-state index is 0.0136. The van der Waals surface area contributed by atoms with Crippen molar-refractivity contribution in [1.82, 2.24) is 4.98 Å². The Morgan fingerprint density at radius 3 is 2.52 bits per heavy atom. The van der Waals surface area contributed by atoms with E-state index in [1.54, 1.807) is 57.2 Å². The van der Waals surface area contributed by atoms with Gasteiger partial charge in [0.25, 0.3) is 10.0 Å². The molecule has 3 N–H and O–H groups in total. The molecule has 0 aliphatic rings. The zero-order chi connectivity index (χ0) is 24.2. The summed E-state index contributed by atoms with van der Waals surface area (Å²) in [6, 6.07) is 12.9. The Labute approximate surface area is 197 Å². The summed E-state index contributed by atoms with van der Waals surface area (Å²) >= 11 is 5.37. The van der Waals surface area contributed by atoms with Gasteiger partial charge in [0.15, 0.2) is 0 Å². The molecule has 3 rings (SSSR count). The zero-order valence-electron chi connectivity index (χ0n) is 18.3. The highest BCUT2D eigenvalue weighted by Crippen LogP contribution is 2.29. The summed E-state index contributed by atoms with van der Waals surface area (Å²) in [4.78, 5) is 16.6. The highest BCUT2D eigenvalue weighted by atomic mass is 35.5. The Morgan fingerprint density at radius 1 is 1.18 bits per heavy atom. The molecule has 33 heavy (non-hydrogen) atoms. The number of esters is 1. The fraction of sp³-hybridized carbons (Fsp3) is 0.227. The Balaban J connectivity index is 2.04. The van der Waals surface area contributed by atoms with E-state index in [0.717, 1.165) is 4.31 Å². The number of halogens is 1. The van der Waals surface area contributed by atoms with Gasteiger partial charge >= 0.3 is 5.97 Å². The third-order valence-corrected chi connectivity index (χ3v) is 6.36. The molecule has 0 aliphatic heterocycles. The number of hydrogen-bond donors (Lipinski definition) is 2. The Hall–Kier alpha value is -3.37. The molecule has 0 amide bonds. The normalized spacial score (nSPS) is 12.4. The van der Waals surface area contributed by atoms with E-state index in [4.69, 9.17) is 22.2 Å². The second kappa shape index (κ2) is 9.63. The first-order valence-electron chi connectivity index (χ1n) is 9.90. The topological polar surface area (TPSA) is 127 Å². The van der Waals surface area contributed by atoms with Gasteiger partial charge in [-0.3, -0.25) is 14.1 Å². The summed E-state index contributed by atoms with van der Waals surface area (Å²) in [5.41, 5.74) is 5.71. The number of nitrogens with one attached hydrogen (secondary N) is 1. The SMILES string of the molecule is CC(C)(C)OC(=O)CN(c1ccccc1)S(=O)(=O)c1ccc2c(NC(N)=NCl)cncc2c1. The summed E-state index contributed by atoms with van der Waals surface area (Å²) in [5, 5.41) is 4.00. The molecule has 0 fully saturated rings. The van der Waals surface area contributed by atoms with Crippen LogP contribution < -0.4 is 15.4 Å². The van der Waals surface area contributed by atoms with Crippen molar-refractivity contribution in [3.8, 4) is 0 Å². The molecule has 0 saturated heterocycles. The summed E-state index contributed by atoms with van der Waals surface area (Å²) in [5.74, 6) is -0.699. The van der Waals surface area contributed by atoms with Gasteiger partial charge in [0.1, 0.15) is 12.1 Å². The Morgan fingerprint density at radius 2 is 1.88 bits per heavy atom. The van der Waals surface area contributed by atoms with Gasteiger partial charge in [0.05, 0.1) is 22.5 Å². The summed E-state index contributed by atoms with van der Waals surface area (Å²) in [7, 11) is -4.12. The fourth-order valence-corrected chi connectivity index (χ4v) is 4.59. The minimum atomic E-state index is -4.12. The first kappa shape index (κ1) is 24.3. The van der Waals surface area contributed by atoms with E-state index in [2.05, 4.69) is 14.8 Å². The van der Waals surface area contributed by atoms with Gasteiger partial charge in [-0.15, -0.1) is 4.51 Å². The van der Waals surface area contributed by atoms with Crippen molar-refractivity contribution < 1.29 is 17.9 Å². The molecule has 3 aromatic rings. The highest BCUT2D eigenvalue weighted by molar-refractivity contribution is 7.92. The average molecular weight is 490 g/mol. The van der Waals surface area contributed by atoms with Gasteiger partial charge in [0.2, 0.25) is 5.96 Å². The molecular weight excluding hydrogens is 466 g/mol. The number of benzene rings is 2. The summed E-state index contributed by atoms with van der Waals surface area (Å²) in [6.07, 6.45) is 3.04. The monoisotopic (exact) mass is 489 g/mol. The third kappa shape index (κ3) is 5.91. The number of nitrogens with two attached hydrogens (primary N) is 1. The second-order valence-electron chi connectivity index (χ2n) is 8.10. The fourth-order valence-electron chi connectivity index (χ4n) is 3.10. The van der Waals surface area contributed by atoms with Crippen molar-refractivity contribution in [3.63, 3.8) is 0 Å². The van der Waals surface area contributed by atoms with E-state index in [1.807, 2.05) is 0 Å². The van der Waals surface area contributed by atoms with Crippen molar-refractivity contribution >= 4 is 55.9 Å². The smallest absolute Gasteiger partial charge is 0.327 e. The van der Waals surface area contributed by atoms with E-state index in [0.29, 0.717) is 22.1 Å². The largest absolute Gasteiger partial charge is 0.459 e.